The molecular formula is C20H22ClFIN5O3. The number of carboxylic acids is 1. The number of allylic oxidation sites excluding steroid dienone is 2. The molecule has 0 saturated carbocycles. The van der Waals surface area contributed by atoms with Gasteiger partial charge in [-0.2, -0.15) is 0 Å². The fourth-order valence-corrected chi connectivity index (χ4v) is 4.41. The second-order valence-corrected chi connectivity index (χ2v) is 8.44. The quantitative estimate of drug-likeness (QED) is 0.474. The highest BCUT2D eigenvalue weighted by Gasteiger charge is 2.36. The fraction of sp³-hybridized carbons (Fsp3) is 0.400. The normalized spacial score (nSPS) is 24.1. The van der Waals surface area contributed by atoms with Gasteiger partial charge in [-0.05, 0) is 29.1 Å². The Morgan fingerprint density at radius 1 is 1.48 bits per heavy atom. The van der Waals surface area contributed by atoms with E-state index < -0.39 is 23.7 Å². The van der Waals surface area contributed by atoms with E-state index in [0.29, 0.717) is 23.6 Å². The summed E-state index contributed by atoms with van der Waals surface area (Å²) < 4.78 is 16.3. The first-order chi connectivity index (χ1) is 14.7. The molecule has 3 rings (SSSR count). The number of carbonyl (C=O) groups is 2. The van der Waals surface area contributed by atoms with Crippen LogP contribution in [0.1, 0.15) is 26.1 Å². The van der Waals surface area contributed by atoms with Crippen LogP contribution in [0.25, 0.3) is 5.57 Å². The van der Waals surface area contributed by atoms with Gasteiger partial charge in [-0.3, -0.25) is 9.59 Å². The van der Waals surface area contributed by atoms with Gasteiger partial charge in [-0.25, -0.2) is 14.4 Å². The molecule has 166 valence electrons. The maximum absolute atomic E-state index is 14.5. The van der Waals surface area contributed by atoms with E-state index in [0.717, 1.165) is 11.8 Å². The zero-order chi connectivity index (χ0) is 22.7. The lowest BCUT2D eigenvalue weighted by Gasteiger charge is -2.36. The fourth-order valence-electron chi connectivity index (χ4n) is 3.60. The summed E-state index contributed by atoms with van der Waals surface area (Å²) in [5, 5.41) is 16.2. The Balaban J connectivity index is 1.88. The number of piperidine rings is 1. The number of hydrogen-bond donors (Lipinski definition) is 3. The highest BCUT2D eigenvalue weighted by atomic mass is 127. The minimum Gasteiger partial charge on any atom is -0.481 e. The van der Waals surface area contributed by atoms with Crippen LogP contribution in [0, 0.1) is 11.7 Å². The van der Waals surface area contributed by atoms with Gasteiger partial charge in [0.05, 0.1) is 17.1 Å². The van der Waals surface area contributed by atoms with Crippen molar-refractivity contribution in [3.8, 4) is 0 Å². The molecule has 3 atom stereocenters. The Morgan fingerprint density at radius 3 is 2.87 bits per heavy atom. The number of aliphatic carboxylic acids is 1. The second kappa shape index (κ2) is 9.94. The predicted octanol–water partition coefficient (Wildman–Crippen LogP) is 3.12. The highest BCUT2D eigenvalue weighted by Crippen LogP contribution is 2.30. The molecule has 1 saturated heterocycles. The van der Waals surface area contributed by atoms with Gasteiger partial charge >= 0.3 is 5.97 Å². The molecule has 8 nitrogen and oxygen atoms in total. The van der Waals surface area contributed by atoms with Crippen molar-refractivity contribution in [3.05, 3.63) is 44.8 Å². The first-order valence-electron chi connectivity index (χ1n) is 9.63. The molecule has 3 unspecified atom stereocenters. The smallest absolute Gasteiger partial charge is 0.310 e. The number of hydrogen-bond acceptors (Lipinski definition) is 6. The molecule has 0 bridgehead atoms. The molecule has 31 heavy (non-hydrogen) atoms. The van der Waals surface area contributed by atoms with Crippen molar-refractivity contribution in [2.45, 2.75) is 32.4 Å². The third kappa shape index (κ3) is 5.35. The summed E-state index contributed by atoms with van der Waals surface area (Å²) in [7, 11) is 0. The van der Waals surface area contributed by atoms with Crippen LogP contribution < -0.4 is 10.6 Å². The van der Waals surface area contributed by atoms with Gasteiger partial charge in [-0.1, -0.05) is 34.2 Å². The van der Waals surface area contributed by atoms with E-state index in [2.05, 4.69) is 43.2 Å². The maximum Gasteiger partial charge on any atom is 0.310 e. The number of carbonyl (C=O) groups excluding carboxylic acids is 1. The monoisotopic (exact) mass is 561 g/mol. The first-order valence-corrected chi connectivity index (χ1v) is 11.3. The molecule has 1 aromatic rings. The summed E-state index contributed by atoms with van der Waals surface area (Å²) in [6.07, 6.45) is 4.91. The average molecular weight is 562 g/mol. The number of nitrogens with one attached hydrogen (secondary N) is 2. The van der Waals surface area contributed by atoms with Crippen LogP contribution >= 0.6 is 34.2 Å². The van der Waals surface area contributed by atoms with Crippen LogP contribution in [-0.2, 0) is 9.59 Å². The molecule has 2 aliphatic rings. The Kier molecular flexibility index (Phi) is 7.52. The van der Waals surface area contributed by atoms with Gasteiger partial charge in [0.15, 0.2) is 17.5 Å². The lowest BCUT2D eigenvalue weighted by molar-refractivity contribution is -0.145. The van der Waals surface area contributed by atoms with Gasteiger partial charge in [0, 0.05) is 43.9 Å². The van der Waals surface area contributed by atoms with Crippen molar-refractivity contribution in [2.24, 2.45) is 5.92 Å². The Labute approximate surface area is 197 Å². The molecule has 0 aromatic carbocycles. The van der Waals surface area contributed by atoms with Crippen molar-refractivity contribution in [3.63, 3.8) is 0 Å². The molecule has 2 aliphatic heterocycles. The van der Waals surface area contributed by atoms with Crippen LogP contribution in [0.2, 0.25) is 0 Å². The number of carboxylic acid groups (broad SMARTS) is 1. The summed E-state index contributed by atoms with van der Waals surface area (Å²) in [5.41, 5.74) is 1.52. The summed E-state index contributed by atoms with van der Waals surface area (Å²) in [6, 6.07) is -0.634. The van der Waals surface area contributed by atoms with Gasteiger partial charge in [0.2, 0.25) is 5.91 Å². The number of anilines is 1. The number of dihydropyridines is 1. The van der Waals surface area contributed by atoms with E-state index in [1.54, 1.807) is 16.4 Å². The van der Waals surface area contributed by atoms with Crippen molar-refractivity contribution >= 4 is 57.5 Å². The lowest BCUT2D eigenvalue weighted by Crippen LogP contribution is -2.51. The van der Waals surface area contributed by atoms with Crippen molar-refractivity contribution in [1.29, 1.82) is 0 Å². The lowest BCUT2D eigenvalue weighted by atomic mass is 9.92. The maximum atomic E-state index is 14.5. The van der Waals surface area contributed by atoms with E-state index in [4.69, 9.17) is 11.6 Å². The second-order valence-electron chi connectivity index (χ2n) is 7.38. The Hall–Kier alpha value is -2.21. The minimum atomic E-state index is -1.06. The van der Waals surface area contributed by atoms with Gasteiger partial charge in [-0.15, -0.1) is 0 Å². The number of likely N-dealkylation sites (tertiary alicyclic amines) is 1. The zero-order valence-corrected chi connectivity index (χ0v) is 19.8. The van der Waals surface area contributed by atoms with Crippen molar-refractivity contribution in [1.82, 2.24) is 20.2 Å². The molecule has 1 fully saturated rings. The zero-order valence-electron chi connectivity index (χ0n) is 16.9. The van der Waals surface area contributed by atoms with Crippen LogP contribution in [0.4, 0.5) is 10.2 Å². The van der Waals surface area contributed by atoms with Crippen LogP contribution in [0.3, 0.4) is 0 Å². The predicted molar refractivity (Wildman–Crippen MR) is 124 cm³/mol. The SMILES string of the molecule is CC(=O)N1CCC(Nc2nc(/C(=C/I)C3=CC(Cl)=CNC3C)ncc2F)C(C(=O)O)C1. The number of rotatable bonds is 5. The molecular weight excluding hydrogens is 540 g/mol. The van der Waals surface area contributed by atoms with Crippen LogP contribution in [0.5, 0.6) is 0 Å². The average Bonchev–Trinajstić information content (AvgIpc) is 2.73. The highest BCUT2D eigenvalue weighted by molar-refractivity contribution is 14.1. The van der Waals surface area contributed by atoms with E-state index in [1.165, 1.54) is 11.8 Å². The summed E-state index contributed by atoms with van der Waals surface area (Å²) in [6.45, 7) is 3.80. The van der Waals surface area contributed by atoms with Gasteiger partial charge < -0.3 is 20.6 Å². The Morgan fingerprint density at radius 2 is 2.23 bits per heavy atom. The Bertz CT molecular complexity index is 984. The van der Waals surface area contributed by atoms with E-state index in [1.807, 2.05) is 6.92 Å². The number of nitrogens with zero attached hydrogens (tertiary/aromatic N) is 3. The number of aromatic nitrogens is 2. The van der Waals surface area contributed by atoms with Crippen LogP contribution in [-0.4, -0.2) is 57.0 Å². The van der Waals surface area contributed by atoms with E-state index in [-0.39, 0.29) is 30.1 Å². The number of amides is 1. The van der Waals surface area contributed by atoms with Crippen molar-refractivity contribution in [2.75, 3.05) is 18.4 Å². The standard InChI is InChI=1S/C20H22ClFIN5O3/c1-10-13(5-12(21)7-24-10)14(6-23)18-25-8-16(22)19(27-18)26-17-3-4-28(11(2)29)9-15(17)20(30)31/h5-8,10,15,17,24H,3-4,9H2,1-2H3,(H,30,31)(H,25,26,27)/b14-6+. The molecule has 1 amide bonds. The summed E-state index contributed by atoms with van der Waals surface area (Å²) >= 11 is 8.19. The largest absolute Gasteiger partial charge is 0.481 e. The summed E-state index contributed by atoms with van der Waals surface area (Å²) in [4.78, 5) is 33.4. The third-order valence-corrected chi connectivity index (χ3v) is 6.17. The molecule has 11 heteroatoms. The number of halogens is 3. The first kappa shape index (κ1) is 23.5. The molecule has 0 spiro atoms. The topological polar surface area (TPSA) is 107 Å². The molecule has 3 N–H and O–H groups in total. The molecule has 1 aromatic heterocycles. The third-order valence-electron chi connectivity index (χ3n) is 5.33. The minimum absolute atomic E-state index is 0.0547. The van der Waals surface area contributed by atoms with Gasteiger partial charge in [0.1, 0.15) is 0 Å². The molecule has 3 heterocycles. The molecule has 0 aliphatic carbocycles. The van der Waals surface area contributed by atoms with Crippen LogP contribution in [0.15, 0.2) is 33.2 Å². The van der Waals surface area contributed by atoms with Crippen molar-refractivity contribution < 1.29 is 19.1 Å². The van der Waals surface area contributed by atoms with Gasteiger partial charge in [0.25, 0.3) is 0 Å². The summed E-state index contributed by atoms with van der Waals surface area (Å²) in [5.74, 6) is -2.60. The van der Waals surface area contributed by atoms with E-state index in [9.17, 15) is 19.1 Å². The molecule has 0 radical (unpaired) electrons. The van der Waals surface area contributed by atoms with E-state index >= 15 is 0 Å².